The van der Waals surface area contributed by atoms with E-state index in [1.54, 1.807) is 31.1 Å². The largest absolute Gasteiger partial charge is 0.496 e. The van der Waals surface area contributed by atoms with Crippen molar-refractivity contribution < 1.29 is 19.1 Å². The zero-order chi connectivity index (χ0) is 21.3. The predicted octanol–water partition coefficient (Wildman–Crippen LogP) is 4.95. The lowest BCUT2D eigenvalue weighted by atomic mass is 10.0. The Bertz CT molecular complexity index is 1070. The quantitative estimate of drug-likeness (QED) is 0.483. The Morgan fingerprint density at radius 3 is 2.38 bits per heavy atom. The second kappa shape index (κ2) is 8.25. The van der Waals surface area contributed by atoms with E-state index in [4.69, 9.17) is 9.47 Å². The molecule has 1 heterocycles. The highest BCUT2D eigenvalue weighted by molar-refractivity contribution is 9.10. The van der Waals surface area contributed by atoms with E-state index in [0.717, 1.165) is 15.6 Å². The highest BCUT2D eigenvalue weighted by Gasteiger charge is 2.38. The number of carbonyl (C=O) groups is 2. The summed E-state index contributed by atoms with van der Waals surface area (Å²) >= 11 is 3.44. The number of amides is 1. The number of benzene rings is 2. The summed E-state index contributed by atoms with van der Waals surface area (Å²) in [5.74, 6) is -0.240. The van der Waals surface area contributed by atoms with Crippen LogP contribution < -0.4 is 9.64 Å². The maximum Gasteiger partial charge on any atom is 0.340 e. The molecule has 0 bridgehead atoms. The minimum absolute atomic E-state index is 0.248. The van der Waals surface area contributed by atoms with Crippen molar-refractivity contribution in [1.82, 2.24) is 0 Å². The van der Waals surface area contributed by atoms with Crippen molar-refractivity contribution in [2.75, 3.05) is 19.1 Å². The lowest BCUT2D eigenvalue weighted by Gasteiger charge is -2.19. The summed E-state index contributed by atoms with van der Waals surface area (Å²) in [6, 6.07) is 11.3. The number of hydrogen-bond acceptors (Lipinski definition) is 4. The number of methoxy groups -OCH3 is 2. The number of carbonyl (C=O) groups excluding carboxylic acids is 2. The fourth-order valence-corrected chi connectivity index (χ4v) is 3.71. The first-order chi connectivity index (χ1) is 13.8. The summed E-state index contributed by atoms with van der Waals surface area (Å²) < 4.78 is 11.2. The number of nitrogens with zero attached hydrogens (tertiary/aromatic N) is 1. The lowest BCUT2D eigenvalue weighted by molar-refractivity contribution is -0.136. The number of ether oxygens (including phenoxy) is 2. The van der Waals surface area contributed by atoms with Gasteiger partial charge >= 0.3 is 5.97 Å². The molecule has 150 valence electrons. The van der Waals surface area contributed by atoms with Gasteiger partial charge in [0.25, 0.3) is 5.91 Å². The zero-order valence-corrected chi connectivity index (χ0v) is 18.6. The summed E-state index contributed by atoms with van der Waals surface area (Å²) in [6.07, 6.45) is 1.67. The minimum atomic E-state index is -0.553. The molecule has 0 saturated heterocycles. The molecule has 29 heavy (non-hydrogen) atoms. The van der Waals surface area contributed by atoms with E-state index in [-0.39, 0.29) is 17.1 Å². The van der Waals surface area contributed by atoms with Crippen molar-refractivity contribution in [2.24, 2.45) is 0 Å². The monoisotopic (exact) mass is 455 g/mol. The first-order valence-electron chi connectivity index (χ1n) is 9.05. The fraction of sp³-hybridized carbons (Fsp3) is 0.217. The lowest BCUT2D eigenvalue weighted by Crippen LogP contribution is -2.24. The summed E-state index contributed by atoms with van der Waals surface area (Å²) in [4.78, 5) is 27.5. The van der Waals surface area contributed by atoms with Gasteiger partial charge in [-0.3, -0.25) is 9.69 Å². The molecular weight excluding hydrogens is 434 g/mol. The molecular formula is C23H22BrNO4. The van der Waals surface area contributed by atoms with Crippen molar-refractivity contribution >= 4 is 39.6 Å². The number of esters is 1. The molecule has 2 aromatic rings. The second-order valence-corrected chi connectivity index (χ2v) is 7.72. The Morgan fingerprint density at radius 2 is 1.76 bits per heavy atom. The maximum absolute atomic E-state index is 13.4. The van der Waals surface area contributed by atoms with E-state index in [1.807, 2.05) is 44.2 Å². The van der Waals surface area contributed by atoms with Crippen LogP contribution in [0.1, 0.15) is 23.6 Å². The topological polar surface area (TPSA) is 55.8 Å². The van der Waals surface area contributed by atoms with Crippen LogP contribution in [0.5, 0.6) is 5.75 Å². The van der Waals surface area contributed by atoms with Crippen LogP contribution in [-0.4, -0.2) is 26.1 Å². The van der Waals surface area contributed by atoms with Gasteiger partial charge in [-0.2, -0.15) is 0 Å². The van der Waals surface area contributed by atoms with Crippen LogP contribution in [0.2, 0.25) is 0 Å². The Kier molecular flexibility index (Phi) is 5.94. The molecule has 5 nitrogen and oxygen atoms in total. The Morgan fingerprint density at radius 1 is 1.03 bits per heavy atom. The molecule has 0 fully saturated rings. The third kappa shape index (κ3) is 3.85. The van der Waals surface area contributed by atoms with Gasteiger partial charge in [-0.15, -0.1) is 0 Å². The van der Waals surface area contributed by atoms with Crippen molar-refractivity contribution in [3.8, 4) is 5.75 Å². The fourth-order valence-electron chi connectivity index (χ4n) is 3.33. The molecule has 0 saturated carbocycles. The Hall–Kier alpha value is -2.86. The van der Waals surface area contributed by atoms with Crippen molar-refractivity contribution in [3.63, 3.8) is 0 Å². The molecule has 2 aromatic carbocycles. The molecule has 0 atom stereocenters. The van der Waals surface area contributed by atoms with Crippen LogP contribution in [-0.2, 0) is 14.3 Å². The zero-order valence-electron chi connectivity index (χ0n) is 17.0. The molecule has 0 aromatic heterocycles. The number of aryl methyl sites for hydroxylation is 2. The van der Waals surface area contributed by atoms with E-state index in [2.05, 4.69) is 15.9 Å². The van der Waals surface area contributed by atoms with Crippen LogP contribution in [0.25, 0.3) is 6.08 Å². The van der Waals surface area contributed by atoms with Crippen LogP contribution in [0.3, 0.4) is 0 Å². The normalized spacial score (nSPS) is 15.3. The van der Waals surface area contributed by atoms with Gasteiger partial charge in [0.15, 0.2) is 0 Å². The second-order valence-electron chi connectivity index (χ2n) is 6.81. The molecule has 0 aliphatic carbocycles. The van der Waals surface area contributed by atoms with Crippen LogP contribution in [0, 0.1) is 13.8 Å². The third-order valence-electron chi connectivity index (χ3n) is 5.03. The Balaban J connectivity index is 2.19. The first kappa shape index (κ1) is 20.9. The molecule has 0 N–H and O–H groups in total. The number of allylic oxidation sites excluding steroid dienone is 1. The van der Waals surface area contributed by atoms with Crippen LogP contribution >= 0.6 is 15.9 Å². The van der Waals surface area contributed by atoms with Gasteiger partial charge in [-0.05, 0) is 68.3 Å². The molecule has 0 unspecified atom stereocenters. The first-order valence-corrected chi connectivity index (χ1v) is 9.84. The molecule has 6 heteroatoms. The van der Waals surface area contributed by atoms with Gasteiger partial charge in [0.05, 0.1) is 25.4 Å². The average molecular weight is 456 g/mol. The number of hydrogen-bond donors (Lipinski definition) is 0. The molecule has 3 rings (SSSR count). The SMILES string of the molecule is COC(=O)C1=C(C)N(c2ccc(C)c(C)c2)C(=O)/C1=C\c1cc(Br)ccc1OC. The molecule has 1 aliphatic heterocycles. The number of anilines is 1. The molecule has 0 spiro atoms. The minimum Gasteiger partial charge on any atom is -0.496 e. The molecule has 0 radical (unpaired) electrons. The summed E-state index contributed by atoms with van der Waals surface area (Å²) in [6.45, 7) is 5.75. The summed E-state index contributed by atoms with van der Waals surface area (Å²) in [5, 5.41) is 0. The Labute approximate surface area is 178 Å². The molecule has 1 amide bonds. The van der Waals surface area contributed by atoms with Crippen LogP contribution in [0.15, 0.2) is 57.7 Å². The number of halogens is 1. The smallest absolute Gasteiger partial charge is 0.340 e. The highest BCUT2D eigenvalue weighted by atomic mass is 79.9. The number of rotatable bonds is 4. The van der Waals surface area contributed by atoms with Crippen molar-refractivity contribution in [2.45, 2.75) is 20.8 Å². The van der Waals surface area contributed by atoms with Crippen molar-refractivity contribution in [1.29, 1.82) is 0 Å². The summed E-state index contributed by atoms with van der Waals surface area (Å²) in [7, 11) is 2.87. The van der Waals surface area contributed by atoms with E-state index >= 15 is 0 Å². The van der Waals surface area contributed by atoms with Gasteiger partial charge in [-0.25, -0.2) is 4.79 Å². The van der Waals surface area contributed by atoms with E-state index < -0.39 is 5.97 Å². The van der Waals surface area contributed by atoms with E-state index in [9.17, 15) is 9.59 Å². The van der Waals surface area contributed by atoms with Gasteiger partial charge in [0, 0.05) is 21.4 Å². The van der Waals surface area contributed by atoms with Gasteiger partial charge < -0.3 is 9.47 Å². The third-order valence-corrected chi connectivity index (χ3v) is 5.52. The highest BCUT2D eigenvalue weighted by Crippen LogP contribution is 2.37. The van der Waals surface area contributed by atoms with Gasteiger partial charge in [0.2, 0.25) is 0 Å². The predicted molar refractivity (Wildman–Crippen MR) is 117 cm³/mol. The average Bonchev–Trinajstić information content (AvgIpc) is 2.93. The van der Waals surface area contributed by atoms with E-state index in [0.29, 0.717) is 22.7 Å². The van der Waals surface area contributed by atoms with Gasteiger partial charge in [-0.1, -0.05) is 22.0 Å². The van der Waals surface area contributed by atoms with Crippen LogP contribution in [0.4, 0.5) is 5.69 Å². The van der Waals surface area contributed by atoms with Crippen molar-refractivity contribution in [3.05, 3.63) is 74.4 Å². The van der Waals surface area contributed by atoms with E-state index in [1.165, 1.54) is 7.11 Å². The molecule has 1 aliphatic rings. The maximum atomic E-state index is 13.4. The standard InChI is InChI=1S/C23H22BrNO4/c1-13-6-8-18(10-14(13)2)25-15(3)21(23(27)29-5)19(22(25)26)12-16-11-17(24)7-9-20(16)28-4/h6-12H,1-5H3/b19-12-. The summed E-state index contributed by atoms with van der Waals surface area (Å²) in [5.41, 5.74) is 4.63. The van der Waals surface area contributed by atoms with Gasteiger partial charge in [0.1, 0.15) is 5.75 Å².